The van der Waals surface area contributed by atoms with Crippen LogP contribution in [0.25, 0.3) is 0 Å². The first kappa shape index (κ1) is 13.5. The highest BCUT2D eigenvalue weighted by Crippen LogP contribution is 2.12. The lowest BCUT2D eigenvalue weighted by molar-refractivity contribution is -0.144. The molecule has 0 saturated carbocycles. The van der Waals surface area contributed by atoms with Crippen molar-refractivity contribution in [3.8, 4) is 0 Å². The number of hydroxylamine groups is 2. The van der Waals surface area contributed by atoms with Gasteiger partial charge in [0.1, 0.15) is 0 Å². The van der Waals surface area contributed by atoms with Crippen LogP contribution in [0.5, 0.6) is 0 Å². The van der Waals surface area contributed by atoms with Crippen molar-refractivity contribution in [3.05, 3.63) is 35.4 Å². The predicted octanol–water partition coefficient (Wildman–Crippen LogP) is 1.49. The number of nitrogens with zero attached hydrogens (tertiary/aromatic N) is 1. The smallest absolute Gasteiger partial charge is 0.277 e. The molecule has 0 aromatic heterocycles. The number of nitrogens with one attached hydrogen (secondary N) is 1. The molecule has 1 aromatic rings. The molecule has 1 aliphatic heterocycles. The summed E-state index contributed by atoms with van der Waals surface area (Å²) < 4.78 is 0. The maximum absolute atomic E-state index is 12.1. The second kappa shape index (κ2) is 6.33. The fraction of sp³-hybridized carbons (Fsp3) is 0.429. The van der Waals surface area contributed by atoms with Gasteiger partial charge in [-0.25, -0.2) is 5.06 Å². The Morgan fingerprint density at radius 2 is 2.00 bits per heavy atom. The van der Waals surface area contributed by atoms with Crippen LogP contribution in [0.15, 0.2) is 24.3 Å². The van der Waals surface area contributed by atoms with Crippen molar-refractivity contribution in [2.24, 2.45) is 0 Å². The third-order valence-corrected chi connectivity index (χ3v) is 2.97. The van der Waals surface area contributed by atoms with E-state index in [2.05, 4.69) is 5.32 Å². The van der Waals surface area contributed by atoms with Crippen LogP contribution in [-0.4, -0.2) is 30.0 Å². The topological polar surface area (TPSA) is 58.6 Å². The molecule has 0 aliphatic carbocycles. The SMILES string of the molecule is CC(=O)NCc1ccc(C(=O)N2CCCCO2)cc1. The monoisotopic (exact) mass is 262 g/mol. The van der Waals surface area contributed by atoms with Gasteiger partial charge in [-0.3, -0.25) is 14.4 Å². The van der Waals surface area contributed by atoms with Crippen LogP contribution in [0.2, 0.25) is 0 Å². The van der Waals surface area contributed by atoms with Gasteiger partial charge in [-0.2, -0.15) is 0 Å². The number of benzene rings is 1. The molecular weight excluding hydrogens is 244 g/mol. The van der Waals surface area contributed by atoms with E-state index in [1.807, 2.05) is 12.1 Å². The lowest BCUT2D eigenvalue weighted by Crippen LogP contribution is -2.35. The first-order chi connectivity index (χ1) is 9.16. The van der Waals surface area contributed by atoms with E-state index in [1.165, 1.54) is 12.0 Å². The number of hydrogen-bond donors (Lipinski definition) is 1. The minimum Gasteiger partial charge on any atom is -0.352 e. The van der Waals surface area contributed by atoms with Crippen LogP contribution in [0, 0.1) is 0 Å². The molecule has 5 heteroatoms. The van der Waals surface area contributed by atoms with E-state index in [4.69, 9.17) is 4.84 Å². The van der Waals surface area contributed by atoms with Gasteiger partial charge in [0, 0.05) is 25.6 Å². The largest absolute Gasteiger partial charge is 0.352 e. The van der Waals surface area contributed by atoms with Gasteiger partial charge >= 0.3 is 0 Å². The van der Waals surface area contributed by atoms with Crippen molar-refractivity contribution < 1.29 is 14.4 Å². The molecular formula is C14H18N2O3. The molecule has 1 aliphatic rings. The Morgan fingerprint density at radius 1 is 1.26 bits per heavy atom. The van der Waals surface area contributed by atoms with Crippen LogP contribution < -0.4 is 5.32 Å². The molecule has 19 heavy (non-hydrogen) atoms. The molecule has 1 fully saturated rings. The van der Waals surface area contributed by atoms with Crippen molar-refractivity contribution in [3.63, 3.8) is 0 Å². The quantitative estimate of drug-likeness (QED) is 0.897. The summed E-state index contributed by atoms with van der Waals surface area (Å²) in [7, 11) is 0. The minimum atomic E-state index is -0.106. The lowest BCUT2D eigenvalue weighted by Gasteiger charge is -2.25. The summed E-state index contributed by atoms with van der Waals surface area (Å²) in [6, 6.07) is 7.20. The maximum Gasteiger partial charge on any atom is 0.277 e. The van der Waals surface area contributed by atoms with Crippen LogP contribution in [0.4, 0.5) is 0 Å². The van der Waals surface area contributed by atoms with Gasteiger partial charge in [0.2, 0.25) is 5.91 Å². The Hall–Kier alpha value is -1.88. The zero-order valence-corrected chi connectivity index (χ0v) is 11.0. The molecule has 2 rings (SSSR count). The van der Waals surface area contributed by atoms with Crippen molar-refractivity contribution in [1.82, 2.24) is 10.4 Å². The van der Waals surface area contributed by atoms with E-state index in [-0.39, 0.29) is 11.8 Å². The fourth-order valence-electron chi connectivity index (χ4n) is 1.89. The Bertz CT molecular complexity index is 450. The van der Waals surface area contributed by atoms with Crippen molar-refractivity contribution in [2.75, 3.05) is 13.2 Å². The Morgan fingerprint density at radius 3 is 2.58 bits per heavy atom. The van der Waals surface area contributed by atoms with E-state index in [0.29, 0.717) is 25.3 Å². The number of carbonyl (C=O) groups excluding carboxylic acids is 2. The van der Waals surface area contributed by atoms with Crippen LogP contribution in [-0.2, 0) is 16.2 Å². The normalized spacial score (nSPS) is 15.1. The fourth-order valence-corrected chi connectivity index (χ4v) is 1.89. The number of amides is 2. The number of hydrogen-bond acceptors (Lipinski definition) is 3. The number of rotatable bonds is 3. The standard InChI is InChI=1S/C14H18N2O3/c1-11(17)15-10-12-4-6-13(7-5-12)14(18)16-8-2-3-9-19-16/h4-7H,2-3,8-10H2,1H3,(H,15,17). The van der Waals surface area contributed by atoms with Crippen LogP contribution in [0.1, 0.15) is 35.7 Å². The molecule has 0 spiro atoms. The predicted molar refractivity (Wildman–Crippen MR) is 70.2 cm³/mol. The van der Waals surface area contributed by atoms with Crippen LogP contribution >= 0.6 is 0 Å². The summed E-state index contributed by atoms with van der Waals surface area (Å²) in [6.45, 7) is 3.20. The summed E-state index contributed by atoms with van der Waals surface area (Å²) in [5.74, 6) is -0.173. The molecule has 1 saturated heterocycles. The lowest BCUT2D eigenvalue weighted by atomic mass is 10.1. The first-order valence-corrected chi connectivity index (χ1v) is 6.45. The highest BCUT2D eigenvalue weighted by molar-refractivity contribution is 5.93. The molecule has 102 valence electrons. The Labute approximate surface area is 112 Å². The molecule has 2 amide bonds. The summed E-state index contributed by atoms with van der Waals surface area (Å²) in [5.41, 5.74) is 1.57. The molecule has 1 aromatic carbocycles. The molecule has 1 N–H and O–H groups in total. The Balaban J connectivity index is 1.97. The molecule has 5 nitrogen and oxygen atoms in total. The second-order valence-electron chi connectivity index (χ2n) is 4.55. The zero-order valence-electron chi connectivity index (χ0n) is 11.0. The van der Waals surface area contributed by atoms with E-state index in [1.54, 1.807) is 12.1 Å². The average molecular weight is 262 g/mol. The number of carbonyl (C=O) groups is 2. The van der Waals surface area contributed by atoms with E-state index in [9.17, 15) is 9.59 Å². The van der Waals surface area contributed by atoms with Gasteiger partial charge in [-0.1, -0.05) is 12.1 Å². The van der Waals surface area contributed by atoms with Gasteiger partial charge in [0.25, 0.3) is 5.91 Å². The summed E-state index contributed by atoms with van der Waals surface area (Å²) in [5, 5.41) is 4.14. The molecule has 1 heterocycles. The van der Waals surface area contributed by atoms with Gasteiger partial charge < -0.3 is 5.32 Å². The zero-order chi connectivity index (χ0) is 13.7. The molecule has 0 radical (unpaired) electrons. The van der Waals surface area contributed by atoms with Crippen LogP contribution in [0.3, 0.4) is 0 Å². The minimum absolute atomic E-state index is 0.0677. The molecule has 0 unspecified atom stereocenters. The summed E-state index contributed by atoms with van der Waals surface area (Å²) >= 11 is 0. The second-order valence-corrected chi connectivity index (χ2v) is 4.55. The third kappa shape index (κ3) is 3.79. The van der Waals surface area contributed by atoms with Gasteiger partial charge in [0.05, 0.1) is 6.61 Å². The molecule has 0 bridgehead atoms. The highest BCUT2D eigenvalue weighted by Gasteiger charge is 2.19. The first-order valence-electron chi connectivity index (χ1n) is 6.45. The van der Waals surface area contributed by atoms with Crippen molar-refractivity contribution in [1.29, 1.82) is 0 Å². The Kier molecular flexibility index (Phi) is 4.52. The van der Waals surface area contributed by atoms with Crippen molar-refractivity contribution in [2.45, 2.75) is 26.3 Å². The maximum atomic E-state index is 12.1. The van der Waals surface area contributed by atoms with Gasteiger partial charge in [0.15, 0.2) is 0 Å². The third-order valence-electron chi connectivity index (χ3n) is 2.97. The molecule has 0 atom stereocenters. The van der Waals surface area contributed by atoms with E-state index >= 15 is 0 Å². The summed E-state index contributed by atoms with van der Waals surface area (Å²) in [6.07, 6.45) is 1.98. The van der Waals surface area contributed by atoms with Gasteiger partial charge in [-0.05, 0) is 30.5 Å². The van der Waals surface area contributed by atoms with Crippen molar-refractivity contribution >= 4 is 11.8 Å². The van der Waals surface area contributed by atoms with E-state index < -0.39 is 0 Å². The van der Waals surface area contributed by atoms with Gasteiger partial charge in [-0.15, -0.1) is 0 Å². The average Bonchev–Trinajstić information content (AvgIpc) is 2.46. The highest BCUT2D eigenvalue weighted by atomic mass is 16.7. The summed E-state index contributed by atoms with van der Waals surface area (Å²) in [4.78, 5) is 28.2. The van der Waals surface area contributed by atoms with E-state index in [0.717, 1.165) is 18.4 Å².